The van der Waals surface area contributed by atoms with E-state index in [-0.39, 0.29) is 0 Å². The molecule has 1 fully saturated rings. The summed E-state index contributed by atoms with van der Waals surface area (Å²) < 4.78 is 5.53. The van der Waals surface area contributed by atoms with Gasteiger partial charge in [0.05, 0.1) is 0 Å². The summed E-state index contributed by atoms with van der Waals surface area (Å²) in [5.74, 6) is 0.654. The Hall–Kier alpha value is -0.120. The minimum absolute atomic E-state index is 0.654. The highest BCUT2D eigenvalue weighted by atomic mass is 16.5. The normalized spacial score (nSPS) is 22.8. The Labute approximate surface area is 94.2 Å². The lowest BCUT2D eigenvalue weighted by Gasteiger charge is -2.13. The average Bonchev–Trinajstić information content (AvgIpc) is 2.57. The monoisotopic (exact) mass is 214 g/mol. The van der Waals surface area contributed by atoms with Crippen LogP contribution in [-0.2, 0) is 4.74 Å². The summed E-state index contributed by atoms with van der Waals surface area (Å²) in [7, 11) is 2.19. The summed E-state index contributed by atoms with van der Waals surface area (Å²) in [5.41, 5.74) is 0. The fourth-order valence-corrected chi connectivity index (χ4v) is 1.90. The molecule has 0 bridgehead atoms. The van der Waals surface area contributed by atoms with Crippen molar-refractivity contribution in [2.45, 2.75) is 32.7 Å². The number of hydrogen-bond acceptors (Lipinski definition) is 3. The molecule has 0 saturated carbocycles. The molecule has 1 aliphatic rings. The van der Waals surface area contributed by atoms with Gasteiger partial charge >= 0.3 is 0 Å². The van der Waals surface area contributed by atoms with Crippen LogP contribution in [-0.4, -0.2) is 50.8 Å². The predicted molar refractivity (Wildman–Crippen MR) is 64.2 cm³/mol. The van der Waals surface area contributed by atoms with Crippen molar-refractivity contribution in [3.63, 3.8) is 0 Å². The maximum absolute atomic E-state index is 5.53. The number of hydrogen-bond donors (Lipinski definition) is 1. The first-order chi connectivity index (χ1) is 7.18. The Morgan fingerprint density at radius 1 is 1.47 bits per heavy atom. The van der Waals surface area contributed by atoms with Crippen LogP contribution in [0.4, 0.5) is 0 Å². The Kier molecular flexibility index (Phi) is 6.22. The SMILES string of the molecule is CC(C)COCCCNC1CCN(C)C1. The lowest BCUT2D eigenvalue weighted by Crippen LogP contribution is -2.32. The van der Waals surface area contributed by atoms with Gasteiger partial charge in [0.15, 0.2) is 0 Å². The summed E-state index contributed by atoms with van der Waals surface area (Å²) in [6.07, 6.45) is 2.43. The van der Waals surface area contributed by atoms with E-state index < -0.39 is 0 Å². The molecule has 1 N–H and O–H groups in total. The standard InChI is InChI=1S/C12H26N2O/c1-11(2)10-15-8-4-6-13-12-5-7-14(3)9-12/h11-13H,4-10H2,1-3H3. The molecular formula is C12H26N2O. The molecule has 90 valence electrons. The number of likely N-dealkylation sites (tertiary alicyclic amines) is 1. The van der Waals surface area contributed by atoms with Gasteiger partial charge in [-0.05, 0) is 38.9 Å². The lowest BCUT2D eigenvalue weighted by atomic mass is 10.2. The van der Waals surface area contributed by atoms with Crippen molar-refractivity contribution in [3.8, 4) is 0 Å². The van der Waals surface area contributed by atoms with E-state index in [1.807, 2.05) is 0 Å². The molecule has 0 spiro atoms. The van der Waals surface area contributed by atoms with Crippen LogP contribution in [0.25, 0.3) is 0 Å². The molecule has 15 heavy (non-hydrogen) atoms. The minimum atomic E-state index is 0.654. The third kappa shape index (κ3) is 6.13. The van der Waals surface area contributed by atoms with Crippen molar-refractivity contribution in [2.75, 3.05) is 39.9 Å². The van der Waals surface area contributed by atoms with E-state index in [0.717, 1.165) is 26.2 Å². The van der Waals surface area contributed by atoms with Gasteiger partial charge in [-0.2, -0.15) is 0 Å². The van der Waals surface area contributed by atoms with Crippen molar-refractivity contribution in [1.29, 1.82) is 0 Å². The molecule has 1 heterocycles. The molecule has 0 aromatic rings. The van der Waals surface area contributed by atoms with Crippen molar-refractivity contribution in [3.05, 3.63) is 0 Å². The Balaban J connectivity index is 1.85. The van der Waals surface area contributed by atoms with Crippen LogP contribution >= 0.6 is 0 Å². The van der Waals surface area contributed by atoms with Crippen LogP contribution in [0.3, 0.4) is 0 Å². The molecule has 0 amide bonds. The predicted octanol–water partition coefficient (Wildman–Crippen LogP) is 1.34. The maximum atomic E-state index is 5.53. The second-order valence-electron chi connectivity index (χ2n) is 5.02. The van der Waals surface area contributed by atoms with Gasteiger partial charge in [-0.25, -0.2) is 0 Å². The molecule has 0 aliphatic carbocycles. The first-order valence-electron chi connectivity index (χ1n) is 6.18. The summed E-state index contributed by atoms with van der Waals surface area (Å²) in [6, 6.07) is 0.708. The highest BCUT2D eigenvalue weighted by Gasteiger charge is 2.17. The maximum Gasteiger partial charge on any atom is 0.0489 e. The largest absolute Gasteiger partial charge is 0.381 e. The molecule has 0 radical (unpaired) electrons. The Morgan fingerprint density at radius 3 is 2.87 bits per heavy atom. The summed E-state index contributed by atoms with van der Waals surface area (Å²) >= 11 is 0. The van der Waals surface area contributed by atoms with Gasteiger partial charge in [0, 0.05) is 25.8 Å². The lowest BCUT2D eigenvalue weighted by molar-refractivity contribution is 0.107. The van der Waals surface area contributed by atoms with Gasteiger partial charge in [-0.1, -0.05) is 13.8 Å². The van der Waals surface area contributed by atoms with E-state index >= 15 is 0 Å². The van der Waals surface area contributed by atoms with Gasteiger partial charge in [-0.15, -0.1) is 0 Å². The minimum Gasteiger partial charge on any atom is -0.381 e. The highest BCUT2D eigenvalue weighted by Crippen LogP contribution is 2.05. The molecular weight excluding hydrogens is 188 g/mol. The van der Waals surface area contributed by atoms with E-state index in [4.69, 9.17) is 4.74 Å². The van der Waals surface area contributed by atoms with E-state index in [1.54, 1.807) is 0 Å². The molecule has 1 rings (SSSR count). The summed E-state index contributed by atoms with van der Waals surface area (Å²) in [4.78, 5) is 2.38. The fourth-order valence-electron chi connectivity index (χ4n) is 1.90. The second kappa shape index (κ2) is 7.20. The second-order valence-corrected chi connectivity index (χ2v) is 5.02. The zero-order valence-electron chi connectivity index (χ0n) is 10.5. The van der Waals surface area contributed by atoms with Crippen LogP contribution in [0.15, 0.2) is 0 Å². The number of nitrogens with one attached hydrogen (secondary N) is 1. The van der Waals surface area contributed by atoms with E-state index in [1.165, 1.54) is 19.5 Å². The molecule has 1 unspecified atom stereocenters. The summed E-state index contributed by atoms with van der Waals surface area (Å²) in [6.45, 7) is 9.70. The van der Waals surface area contributed by atoms with Crippen LogP contribution in [0, 0.1) is 5.92 Å². The van der Waals surface area contributed by atoms with Gasteiger partial charge < -0.3 is 15.0 Å². The smallest absolute Gasteiger partial charge is 0.0489 e. The number of likely N-dealkylation sites (N-methyl/N-ethyl adjacent to an activating group) is 1. The van der Waals surface area contributed by atoms with Crippen LogP contribution in [0.2, 0.25) is 0 Å². The molecule has 1 aliphatic heterocycles. The van der Waals surface area contributed by atoms with Crippen molar-refractivity contribution < 1.29 is 4.74 Å². The molecule has 3 heteroatoms. The van der Waals surface area contributed by atoms with Crippen LogP contribution in [0.5, 0.6) is 0 Å². The van der Waals surface area contributed by atoms with E-state index in [0.29, 0.717) is 12.0 Å². The molecule has 0 aromatic heterocycles. The first-order valence-corrected chi connectivity index (χ1v) is 6.18. The van der Waals surface area contributed by atoms with E-state index in [2.05, 4.69) is 31.1 Å². The Morgan fingerprint density at radius 2 is 2.27 bits per heavy atom. The zero-order valence-corrected chi connectivity index (χ0v) is 10.5. The van der Waals surface area contributed by atoms with E-state index in [9.17, 15) is 0 Å². The summed E-state index contributed by atoms with van der Waals surface area (Å²) in [5, 5.41) is 3.58. The highest BCUT2D eigenvalue weighted by molar-refractivity contribution is 4.78. The number of ether oxygens (including phenoxy) is 1. The molecule has 3 nitrogen and oxygen atoms in total. The topological polar surface area (TPSA) is 24.5 Å². The van der Waals surface area contributed by atoms with Crippen molar-refractivity contribution >= 4 is 0 Å². The van der Waals surface area contributed by atoms with Crippen LogP contribution in [0.1, 0.15) is 26.7 Å². The first kappa shape index (κ1) is 12.9. The van der Waals surface area contributed by atoms with Gasteiger partial charge in [-0.3, -0.25) is 0 Å². The van der Waals surface area contributed by atoms with Gasteiger partial charge in [0.25, 0.3) is 0 Å². The van der Waals surface area contributed by atoms with Gasteiger partial charge in [0.2, 0.25) is 0 Å². The third-order valence-electron chi connectivity index (χ3n) is 2.74. The molecule has 0 aromatic carbocycles. The third-order valence-corrected chi connectivity index (χ3v) is 2.74. The molecule has 1 atom stereocenters. The quantitative estimate of drug-likeness (QED) is 0.647. The van der Waals surface area contributed by atoms with Crippen molar-refractivity contribution in [2.24, 2.45) is 5.92 Å². The van der Waals surface area contributed by atoms with Gasteiger partial charge in [0.1, 0.15) is 0 Å². The Bertz CT molecular complexity index is 162. The van der Waals surface area contributed by atoms with Crippen molar-refractivity contribution in [1.82, 2.24) is 10.2 Å². The zero-order chi connectivity index (χ0) is 11.1. The average molecular weight is 214 g/mol. The number of nitrogens with zero attached hydrogens (tertiary/aromatic N) is 1. The van der Waals surface area contributed by atoms with Crippen LogP contribution < -0.4 is 5.32 Å². The molecule has 1 saturated heterocycles. The fraction of sp³-hybridized carbons (Fsp3) is 1.00. The number of rotatable bonds is 7.